The lowest BCUT2D eigenvalue weighted by Gasteiger charge is -2.32. The van der Waals surface area contributed by atoms with Crippen molar-refractivity contribution in [2.75, 3.05) is 27.3 Å². The number of methoxy groups -OCH3 is 2. The zero-order chi connectivity index (χ0) is 22.0. The maximum Gasteiger partial charge on any atom is 0.280 e. The first-order chi connectivity index (χ1) is 15.0. The minimum absolute atomic E-state index is 0.00988. The molecule has 8 nitrogen and oxygen atoms in total. The quantitative estimate of drug-likeness (QED) is 0.597. The van der Waals surface area contributed by atoms with Gasteiger partial charge in [0.25, 0.3) is 12.2 Å². The molecule has 1 amide bonds. The highest BCUT2D eigenvalue weighted by Crippen LogP contribution is 2.31. The minimum Gasteiger partial charge on any atom is -0.493 e. The molecule has 0 radical (unpaired) electrons. The number of ether oxygens (including phenoxy) is 2. The molecule has 10 heteroatoms. The average Bonchev–Trinajstić information content (AvgIpc) is 3.27. The highest BCUT2D eigenvalue weighted by molar-refractivity contribution is 5.79. The SMILES string of the molecule is COc1ccc(CC(=O)N2CCC(c3cc(C(F)F)n4ncnc4n3)CC2)cc1OC. The van der Waals surface area contributed by atoms with Gasteiger partial charge >= 0.3 is 0 Å². The van der Waals surface area contributed by atoms with Gasteiger partial charge in [-0.05, 0) is 36.6 Å². The Bertz CT molecular complexity index is 1080. The maximum absolute atomic E-state index is 13.4. The Labute approximate surface area is 177 Å². The molecular formula is C21H23F2N5O3. The molecule has 3 aromatic rings. The molecule has 1 saturated heterocycles. The van der Waals surface area contributed by atoms with Crippen LogP contribution < -0.4 is 9.47 Å². The molecule has 31 heavy (non-hydrogen) atoms. The number of hydrogen-bond acceptors (Lipinski definition) is 6. The van der Waals surface area contributed by atoms with Crippen LogP contribution in [-0.2, 0) is 11.2 Å². The fraction of sp³-hybridized carbons (Fsp3) is 0.429. The third kappa shape index (κ3) is 4.28. The van der Waals surface area contributed by atoms with Crippen molar-refractivity contribution in [2.45, 2.75) is 31.6 Å². The molecule has 2 aromatic heterocycles. The van der Waals surface area contributed by atoms with Crippen molar-refractivity contribution in [3.05, 3.63) is 47.5 Å². The molecule has 0 N–H and O–H groups in total. The number of hydrogen-bond donors (Lipinski definition) is 0. The van der Waals surface area contributed by atoms with Crippen LogP contribution in [0.2, 0.25) is 0 Å². The molecule has 0 bridgehead atoms. The van der Waals surface area contributed by atoms with Crippen LogP contribution in [0.25, 0.3) is 5.78 Å². The molecule has 1 fully saturated rings. The molecule has 1 aliphatic rings. The van der Waals surface area contributed by atoms with Crippen LogP contribution in [0.1, 0.15) is 42.1 Å². The van der Waals surface area contributed by atoms with Gasteiger partial charge < -0.3 is 14.4 Å². The predicted molar refractivity (Wildman–Crippen MR) is 108 cm³/mol. The van der Waals surface area contributed by atoms with Crippen LogP contribution >= 0.6 is 0 Å². The summed E-state index contributed by atoms with van der Waals surface area (Å²) in [6, 6.07) is 6.82. The van der Waals surface area contributed by atoms with Crippen LogP contribution in [0.15, 0.2) is 30.6 Å². The van der Waals surface area contributed by atoms with E-state index in [9.17, 15) is 13.6 Å². The first kappa shape index (κ1) is 21.0. The van der Waals surface area contributed by atoms with Crippen LogP contribution in [0, 0.1) is 0 Å². The van der Waals surface area contributed by atoms with Crippen molar-refractivity contribution in [3.63, 3.8) is 0 Å². The highest BCUT2D eigenvalue weighted by Gasteiger charge is 2.27. The number of piperidine rings is 1. The van der Waals surface area contributed by atoms with Gasteiger partial charge in [0.05, 0.1) is 20.6 Å². The van der Waals surface area contributed by atoms with Crippen molar-refractivity contribution in [2.24, 2.45) is 0 Å². The molecule has 164 valence electrons. The van der Waals surface area contributed by atoms with E-state index in [-0.39, 0.29) is 29.7 Å². The van der Waals surface area contributed by atoms with Crippen LogP contribution in [0.4, 0.5) is 8.78 Å². The lowest BCUT2D eigenvalue weighted by atomic mass is 9.92. The Morgan fingerprint density at radius 2 is 1.90 bits per heavy atom. The monoisotopic (exact) mass is 431 g/mol. The van der Waals surface area contributed by atoms with Gasteiger partial charge in [0.1, 0.15) is 12.0 Å². The lowest BCUT2D eigenvalue weighted by Crippen LogP contribution is -2.39. The number of likely N-dealkylation sites (tertiary alicyclic amines) is 1. The topological polar surface area (TPSA) is 81.9 Å². The van der Waals surface area contributed by atoms with Crippen LogP contribution in [0.3, 0.4) is 0 Å². The van der Waals surface area contributed by atoms with E-state index < -0.39 is 6.43 Å². The molecular weight excluding hydrogens is 408 g/mol. The molecule has 4 rings (SSSR count). The van der Waals surface area contributed by atoms with Gasteiger partial charge in [0.15, 0.2) is 11.5 Å². The van der Waals surface area contributed by atoms with E-state index in [1.165, 1.54) is 12.4 Å². The van der Waals surface area contributed by atoms with Gasteiger partial charge in [0.2, 0.25) is 5.91 Å². The summed E-state index contributed by atoms with van der Waals surface area (Å²) in [7, 11) is 3.12. The summed E-state index contributed by atoms with van der Waals surface area (Å²) < 4.78 is 38.4. The van der Waals surface area contributed by atoms with Gasteiger partial charge in [-0.25, -0.2) is 13.8 Å². The lowest BCUT2D eigenvalue weighted by molar-refractivity contribution is -0.131. The number of halogens is 2. The minimum atomic E-state index is -2.67. The van der Waals surface area contributed by atoms with Crippen molar-refractivity contribution in [1.29, 1.82) is 0 Å². The Kier molecular flexibility index (Phi) is 5.97. The molecule has 1 aromatic carbocycles. The highest BCUT2D eigenvalue weighted by atomic mass is 19.3. The molecule has 0 spiro atoms. The van der Waals surface area contributed by atoms with Crippen LogP contribution in [0.5, 0.6) is 11.5 Å². The number of aromatic nitrogens is 4. The fourth-order valence-corrected chi connectivity index (χ4v) is 3.92. The molecule has 3 heterocycles. The smallest absolute Gasteiger partial charge is 0.280 e. The Balaban J connectivity index is 1.42. The number of rotatable bonds is 6. The van der Waals surface area contributed by atoms with E-state index in [2.05, 4.69) is 15.1 Å². The molecule has 0 aliphatic carbocycles. The second kappa shape index (κ2) is 8.83. The van der Waals surface area contributed by atoms with Gasteiger partial charge in [0, 0.05) is 24.7 Å². The van der Waals surface area contributed by atoms with E-state index >= 15 is 0 Å². The van der Waals surface area contributed by atoms with Crippen molar-refractivity contribution in [3.8, 4) is 11.5 Å². The zero-order valence-corrected chi connectivity index (χ0v) is 17.3. The summed E-state index contributed by atoms with van der Waals surface area (Å²) in [5.41, 5.74) is 1.19. The summed E-state index contributed by atoms with van der Waals surface area (Å²) in [5.74, 6) is 1.36. The number of carbonyl (C=O) groups is 1. The largest absolute Gasteiger partial charge is 0.493 e. The van der Waals surface area contributed by atoms with Gasteiger partial charge in [-0.3, -0.25) is 4.79 Å². The van der Waals surface area contributed by atoms with E-state index in [1.807, 2.05) is 6.07 Å². The maximum atomic E-state index is 13.4. The van der Waals surface area contributed by atoms with E-state index in [0.29, 0.717) is 43.1 Å². The number of alkyl halides is 2. The molecule has 0 atom stereocenters. The van der Waals surface area contributed by atoms with Gasteiger partial charge in [-0.2, -0.15) is 14.6 Å². The summed E-state index contributed by atoms with van der Waals surface area (Å²) in [5, 5.41) is 3.82. The predicted octanol–water partition coefficient (Wildman–Crippen LogP) is 3.03. The summed E-state index contributed by atoms with van der Waals surface area (Å²) in [6.07, 6.45) is 0.0990. The molecule has 0 unspecified atom stereocenters. The number of nitrogens with zero attached hydrogens (tertiary/aromatic N) is 5. The van der Waals surface area contributed by atoms with E-state index in [0.717, 1.165) is 10.1 Å². The molecule has 1 aliphatic heterocycles. The van der Waals surface area contributed by atoms with Crippen LogP contribution in [-0.4, -0.2) is 57.7 Å². The van der Waals surface area contributed by atoms with Gasteiger partial charge in [-0.1, -0.05) is 6.07 Å². The second-order valence-corrected chi connectivity index (χ2v) is 7.40. The third-order valence-electron chi connectivity index (χ3n) is 5.59. The zero-order valence-electron chi connectivity index (χ0n) is 17.3. The number of benzene rings is 1. The standard InChI is InChI=1S/C21H23F2N5O3/c1-30-17-4-3-13(9-18(17)31-2)10-19(29)27-7-5-14(6-8-27)15-11-16(20(22)23)28-21(26-15)24-12-25-28/h3-4,9,11-12,14,20H,5-8,10H2,1-2H3. The number of carbonyl (C=O) groups excluding carboxylic acids is 1. The molecule has 0 saturated carbocycles. The van der Waals surface area contributed by atoms with Gasteiger partial charge in [-0.15, -0.1) is 0 Å². The van der Waals surface area contributed by atoms with Crippen molar-refractivity contribution < 1.29 is 23.0 Å². The average molecular weight is 431 g/mol. The van der Waals surface area contributed by atoms with E-state index in [4.69, 9.17) is 9.47 Å². The Hall–Kier alpha value is -3.30. The summed E-state index contributed by atoms with van der Waals surface area (Å²) >= 11 is 0. The van der Waals surface area contributed by atoms with Crippen molar-refractivity contribution >= 4 is 11.7 Å². The normalized spacial score (nSPS) is 14.9. The van der Waals surface area contributed by atoms with Crippen molar-refractivity contribution in [1.82, 2.24) is 24.5 Å². The first-order valence-corrected chi connectivity index (χ1v) is 9.97. The first-order valence-electron chi connectivity index (χ1n) is 9.97. The summed E-state index contributed by atoms with van der Waals surface area (Å²) in [6.45, 7) is 1.08. The number of fused-ring (bicyclic) bond motifs is 1. The Morgan fingerprint density at radius 1 is 1.16 bits per heavy atom. The Morgan fingerprint density at radius 3 is 2.58 bits per heavy atom. The summed E-state index contributed by atoms with van der Waals surface area (Å²) in [4.78, 5) is 22.9. The number of amides is 1. The third-order valence-corrected chi connectivity index (χ3v) is 5.59. The second-order valence-electron chi connectivity index (χ2n) is 7.40. The fourth-order valence-electron chi connectivity index (χ4n) is 3.92. The van der Waals surface area contributed by atoms with E-state index in [1.54, 1.807) is 31.3 Å².